The fraction of sp³-hybridized carbons (Fsp3) is 0.600. The van der Waals surface area contributed by atoms with E-state index in [0.29, 0.717) is 0 Å². The minimum Gasteiger partial charge on any atom is -0.394 e. The second-order valence-electron chi connectivity index (χ2n) is 2.29. The number of rotatable bonds is 3. The van der Waals surface area contributed by atoms with Crippen LogP contribution >= 0.6 is 0 Å². The predicted octanol–water partition coefficient (Wildman–Crippen LogP) is -1.69. The normalized spacial score (nSPS) is 12.5. The van der Waals surface area contributed by atoms with Crippen LogP contribution in [0.25, 0.3) is 0 Å². The number of aromatic nitrogens is 4. The van der Waals surface area contributed by atoms with Gasteiger partial charge in [-0.2, -0.15) is 5.21 Å². The smallest absolute Gasteiger partial charge is 0.293 e. The number of carbonyl (C=O) groups is 1. The van der Waals surface area contributed by atoms with Crippen LogP contribution in [0.4, 0.5) is 0 Å². The van der Waals surface area contributed by atoms with Crippen LogP contribution in [-0.4, -0.2) is 44.3 Å². The van der Waals surface area contributed by atoms with Gasteiger partial charge in [-0.3, -0.25) is 4.79 Å². The summed E-state index contributed by atoms with van der Waals surface area (Å²) in [5, 5.41) is 23.4. The van der Waals surface area contributed by atoms with E-state index in [0.717, 1.165) is 0 Å². The third kappa shape index (κ3) is 1.99. The molecule has 0 spiro atoms. The molecule has 0 aliphatic rings. The molecule has 1 aromatic heterocycles. The van der Waals surface area contributed by atoms with Crippen molar-refractivity contribution in [1.29, 1.82) is 0 Å². The Balaban J connectivity index is 2.50. The van der Waals surface area contributed by atoms with Crippen LogP contribution in [0.3, 0.4) is 0 Å². The summed E-state index contributed by atoms with van der Waals surface area (Å²) >= 11 is 0. The second kappa shape index (κ2) is 3.77. The summed E-state index contributed by atoms with van der Waals surface area (Å²) in [5.74, 6) is -0.486. The molecular weight excluding hydrogens is 162 g/mol. The molecule has 0 aliphatic heterocycles. The number of tetrazole rings is 1. The Hall–Kier alpha value is -1.50. The largest absolute Gasteiger partial charge is 0.394 e. The van der Waals surface area contributed by atoms with E-state index in [-0.39, 0.29) is 18.5 Å². The Labute approximate surface area is 68.2 Å². The molecule has 1 aromatic rings. The molecule has 0 aromatic carbocycles. The quantitative estimate of drug-likeness (QED) is 0.503. The van der Waals surface area contributed by atoms with Gasteiger partial charge in [0.1, 0.15) is 0 Å². The minimum absolute atomic E-state index is 0.0321. The summed E-state index contributed by atoms with van der Waals surface area (Å²) in [5.41, 5.74) is 0. The summed E-state index contributed by atoms with van der Waals surface area (Å²) in [4.78, 5) is 11.1. The molecule has 7 nitrogen and oxygen atoms in total. The first-order valence-electron chi connectivity index (χ1n) is 3.39. The van der Waals surface area contributed by atoms with Gasteiger partial charge in [0, 0.05) is 6.04 Å². The molecule has 1 heterocycles. The summed E-state index contributed by atoms with van der Waals surface area (Å²) in [6, 6.07) is -0.309. The van der Waals surface area contributed by atoms with E-state index >= 15 is 0 Å². The molecule has 3 N–H and O–H groups in total. The zero-order chi connectivity index (χ0) is 8.97. The Morgan fingerprint density at radius 1 is 1.83 bits per heavy atom. The van der Waals surface area contributed by atoms with E-state index in [1.54, 1.807) is 6.92 Å². The maximum atomic E-state index is 11.1. The van der Waals surface area contributed by atoms with Crippen LogP contribution in [0.15, 0.2) is 0 Å². The van der Waals surface area contributed by atoms with Crippen molar-refractivity contribution < 1.29 is 9.90 Å². The van der Waals surface area contributed by atoms with E-state index in [1.807, 2.05) is 0 Å². The lowest BCUT2D eigenvalue weighted by Crippen LogP contribution is -2.35. The van der Waals surface area contributed by atoms with Gasteiger partial charge in [0.15, 0.2) is 0 Å². The zero-order valence-corrected chi connectivity index (χ0v) is 6.48. The highest BCUT2D eigenvalue weighted by Crippen LogP contribution is 1.85. The molecule has 66 valence electrons. The fourth-order valence-corrected chi connectivity index (χ4v) is 0.592. The Kier molecular flexibility index (Phi) is 2.70. The molecule has 7 heteroatoms. The number of aliphatic hydroxyl groups is 1. The van der Waals surface area contributed by atoms with Gasteiger partial charge < -0.3 is 10.4 Å². The molecular formula is C5H9N5O2. The lowest BCUT2D eigenvalue weighted by molar-refractivity contribution is 0.0912. The van der Waals surface area contributed by atoms with E-state index in [2.05, 4.69) is 25.9 Å². The molecule has 0 radical (unpaired) electrons. The first-order chi connectivity index (χ1) is 5.74. The SMILES string of the molecule is C[C@H](CO)NC(=O)c1nn[nH]n1. The van der Waals surface area contributed by atoms with Crippen LogP contribution in [0.1, 0.15) is 17.5 Å². The molecule has 0 saturated carbocycles. The van der Waals surface area contributed by atoms with E-state index < -0.39 is 5.91 Å². The predicted molar refractivity (Wildman–Crippen MR) is 38.2 cm³/mol. The minimum atomic E-state index is -0.453. The van der Waals surface area contributed by atoms with Gasteiger partial charge in [0.05, 0.1) is 6.61 Å². The topological polar surface area (TPSA) is 104 Å². The fourth-order valence-electron chi connectivity index (χ4n) is 0.592. The average molecular weight is 171 g/mol. The standard InChI is InChI=1S/C5H9N5O2/c1-3(2-11)6-5(12)4-7-9-10-8-4/h3,11H,2H2,1H3,(H,6,12)(H,7,8,9,10)/t3-/m1/s1. The summed E-state index contributed by atoms with van der Waals surface area (Å²) in [6.07, 6.45) is 0. The molecule has 0 aliphatic carbocycles. The summed E-state index contributed by atoms with van der Waals surface area (Å²) in [7, 11) is 0. The average Bonchev–Trinajstić information content (AvgIpc) is 2.56. The van der Waals surface area contributed by atoms with Crippen molar-refractivity contribution in [3.05, 3.63) is 5.82 Å². The number of aliphatic hydroxyl groups excluding tert-OH is 1. The van der Waals surface area contributed by atoms with Gasteiger partial charge in [-0.25, -0.2) is 0 Å². The van der Waals surface area contributed by atoms with Crippen LogP contribution in [0, 0.1) is 0 Å². The van der Waals surface area contributed by atoms with Crippen LogP contribution < -0.4 is 5.32 Å². The van der Waals surface area contributed by atoms with E-state index in [1.165, 1.54) is 0 Å². The Bertz CT molecular complexity index is 246. The number of hydrogen-bond donors (Lipinski definition) is 3. The highest BCUT2D eigenvalue weighted by Gasteiger charge is 2.12. The number of nitrogens with zero attached hydrogens (tertiary/aromatic N) is 3. The summed E-state index contributed by atoms with van der Waals surface area (Å²) < 4.78 is 0. The van der Waals surface area contributed by atoms with Crippen LogP contribution in [0.2, 0.25) is 0 Å². The van der Waals surface area contributed by atoms with Gasteiger partial charge in [-0.15, -0.1) is 10.2 Å². The highest BCUT2D eigenvalue weighted by molar-refractivity contribution is 5.90. The molecule has 0 unspecified atom stereocenters. The molecule has 1 amide bonds. The van der Waals surface area contributed by atoms with Gasteiger partial charge in [-0.05, 0) is 12.1 Å². The van der Waals surface area contributed by atoms with Crippen molar-refractivity contribution >= 4 is 5.91 Å². The number of H-pyrrole nitrogens is 1. The van der Waals surface area contributed by atoms with E-state index in [4.69, 9.17) is 5.11 Å². The monoisotopic (exact) mass is 171 g/mol. The van der Waals surface area contributed by atoms with Gasteiger partial charge in [0.2, 0.25) is 0 Å². The first-order valence-corrected chi connectivity index (χ1v) is 3.39. The number of carbonyl (C=O) groups excluding carboxylic acids is 1. The molecule has 1 atom stereocenters. The van der Waals surface area contributed by atoms with Crippen molar-refractivity contribution in [3.8, 4) is 0 Å². The summed E-state index contributed by atoms with van der Waals surface area (Å²) in [6.45, 7) is 1.54. The van der Waals surface area contributed by atoms with E-state index in [9.17, 15) is 4.79 Å². The number of hydrogen-bond acceptors (Lipinski definition) is 5. The molecule has 0 bridgehead atoms. The van der Waals surface area contributed by atoms with Crippen molar-refractivity contribution in [3.63, 3.8) is 0 Å². The highest BCUT2D eigenvalue weighted by atomic mass is 16.3. The van der Waals surface area contributed by atoms with Crippen molar-refractivity contribution in [2.45, 2.75) is 13.0 Å². The van der Waals surface area contributed by atoms with Crippen LogP contribution in [-0.2, 0) is 0 Å². The molecule has 0 fully saturated rings. The van der Waals surface area contributed by atoms with Crippen molar-refractivity contribution in [2.24, 2.45) is 0 Å². The van der Waals surface area contributed by atoms with Gasteiger partial charge >= 0.3 is 0 Å². The maximum absolute atomic E-state index is 11.1. The zero-order valence-electron chi connectivity index (χ0n) is 6.48. The number of aromatic amines is 1. The third-order valence-corrected chi connectivity index (χ3v) is 1.20. The Morgan fingerprint density at radius 3 is 3.08 bits per heavy atom. The van der Waals surface area contributed by atoms with Crippen LogP contribution in [0.5, 0.6) is 0 Å². The van der Waals surface area contributed by atoms with Gasteiger partial charge in [0.25, 0.3) is 11.7 Å². The number of amides is 1. The molecule has 0 saturated heterocycles. The Morgan fingerprint density at radius 2 is 2.58 bits per heavy atom. The second-order valence-corrected chi connectivity index (χ2v) is 2.29. The lowest BCUT2D eigenvalue weighted by Gasteiger charge is -2.07. The van der Waals surface area contributed by atoms with Crippen molar-refractivity contribution in [2.75, 3.05) is 6.61 Å². The van der Waals surface area contributed by atoms with Crippen molar-refractivity contribution in [1.82, 2.24) is 25.9 Å². The maximum Gasteiger partial charge on any atom is 0.293 e. The lowest BCUT2D eigenvalue weighted by atomic mass is 10.3. The first kappa shape index (κ1) is 8.60. The number of nitrogens with one attached hydrogen (secondary N) is 2. The third-order valence-electron chi connectivity index (χ3n) is 1.20. The molecule has 1 rings (SSSR count). The van der Waals surface area contributed by atoms with Gasteiger partial charge in [-0.1, -0.05) is 0 Å². The molecule has 12 heavy (non-hydrogen) atoms.